The van der Waals surface area contributed by atoms with Gasteiger partial charge in [0, 0.05) is 23.7 Å². The molecule has 0 saturated heterocycles. The third-order valence-corrected chi connectivity index (χ3v) is 6.13. The maximum atomic E-state index is 13.0. The highest BCUT2D eigenvalue weighted by molar-refractivity contribution is 7.13. The van der Waals surface area contributed by atoms with E-state index >= 15 is 0 Å². The maximum absolute atomic E-state index is 13.0. The first-order valence-electron chi connectivity index (χ1n) is 10.9. The van der Waals surface area contributed by atoms with Crippen LogP contribution in [0.3, 0.4) is 0 Å². The zero-order chi connectivity index (χ0) is 22.5. The molecule has 0 bridgehead atoms. The number of carbonyl (C=O) groups is 2. The molecule has 0 fully saturated rings. The van der Waals surface area contributed by atoms with Crippen LogP contribution in [-0.4, -0.2) is 41.0 Å². The molecule has 1 N–H and O–H groups in total. The largest absolute Gasteiger partial charge is 0.478 e. The number of nitrogens with zero attached hydrogens (tertiary/aromatic N) is 3. The van der Waals surface area contributed by atoms with Crippen molar-refractivity contribution in [3.63, 3.8) is 0 Å². The molecule has 1 atom stereocenters. The van der Waals surface area contributed by atoms with E-state index in [4.69, 9.17) is 9.72 Å². The monoisotopic (exact) mass is 450 g/mol. The van der Waals surface area contributed by atoms with Crippen molar-refractivity contribution >= 4 is 28.8 Å². The average molecular weight is 451 g/mol. The zero-order valence-corrected chi connectivity index (χ0v) is 19.0. The van der Waals surface area contributed by atoms with Crippen molar-refractivity contribution in [2.75, 3.05) is 18.0 Å². The smallest absolute Gasteiger partial charge is 0.268 e. The topological polar surface area (TPSA) is 84.4 Å². The molecule has 7 nitrogen and oxygen atoms in total. The minimum absolute atomic E-state index is 0.0326. The summed E-state index contributed by atoms with van der Waals surface area (Å²) in [6.07, 6.45) is 3.59. The number of pyridine rings is 1. The summed E-state index contributed by atoms with van der Waals surface area (Å²) in [6.45, 7) is 4.54. The van der Waals surface area contributed by atoms with Crippen molar-refractivity contribution < 1.29 is 14.3 Å². The minimum Gasteiger partial charge on any atom is -0.478 e. The van der Waals surface area contributed by atoms with Crippen molar-refractivity contribution in [3.8, 4) is 27.7 Å². The number of anilines is 1. The summed E-state index contributed by atoms with van der Waals surface area (Å²) < 4.78 is 5.92. The van der Waals surface area contributed by atoms with Crippen LogP contribution < -0.4 is 15.0 Å². The van der Waals surface area contributed by atoms with Crippen LogP contribution in [0.5, 0.6) is 5.75 Å². The number of carbonyl (C=O) groups excluding carboxylic acids is 2. The summed E-state index contributed by atoms with van der Waals surface area (Å²) in [5, 5.41) is 5.68. The van der Waals surface area contributed by atoms with Gasteiger partial charge in [-0.1, -0.05) is 26.3 Å². The van der Waals surface area contributed by atoms with Crippen LogP contribution in [0.15, 0.2) is 48.0 Å². The standard InChI is InChI=1S/C24H26N4O3S/c1-3-5-11-26-22(29)14-28-19-13-16(9-10-21(19)31-20(4-2)24(28)30)18-15-32-23(27-18)17-8-6-7-12-25-17/h6-10,12-13,15,20H,3-5,11,14H2,1-2H3,(H,26,29). The molecule has 0 spiro atoms. The number of ether oxygens (including phenoxy) is 1. The second kappa shape index (κ2) is 9.91. The van der Waals surface area contributed by atoms with Gasteiger partial charge in [0.25, 0.3) is 5.91 Å². The number of thiazole rings is 1. The van der Waals surface area contributed by atoms with Gasteiger partial charge >= 0.3 is 0 Å². The maximum Gasteiger partial charge on any atom is 0.268 e. The van der Waals surface area contributed by atoms with E-state index in [1.165, 1.54) is 16.2 Å². The number of amides is 2. The van der Waals surface area contributed by atoms with Crippen LogP contribution in [0.4, 0.5) is 5.69 Å². The number of aromatic nitrogens is 2. The van der Waals surface area contributed by atoms with Gasteiger partial charge in [-0.25, -0.2) is 4.98 Å². The van der Waals surface area contributed by atoms with E-state index in [1.54, 1.807) is 6.20 Å². The minimum atomic E-state index is -0.591. The van der Waals surface area contributed by atoms with Gasteiger partial charge in [-0.3, -0.25) is 19.5 Å². The van der Waals surface area contributed by atoms with Crippen LogP contribution >= 0.6 is 11.3 Å². The van der Waals surface area contributed by atoms with Crippen molar-refractivity contribution in [1.82, 2.24) is 15.3 Å². The van der Waals surface area contributed by atoms with Gasteiger partial charge in [0.1, 0.15) is 17.3 Å². The Labute approximate surface area is 191 Å². The highest BCUT2D eigenvalue weighted by Gasteiger charge is 2.34. The Morgan fingerprint density at radius 1 is 1.22 bits per heavy atom. The van der Waals surface area contributed by atoms with Gasteiger partial charge < -0.3 is 10.1 Å². The molecule has 1 aliphatic heterocycles. The lowest BCUT2D eigenvalue weighted by Crippen LogP contribution is -2.49. The Kier molecular flexibility index (Phi) is 6.80. The Morgan fingerprint density at radius 2 is 2.09 bits per heavy atom. The summed E-state index contributed by atoms with van der Waals surface area (Å²) >= 11 is 1.51. The third-order valence-electron chi connectivity index (χ3n) is 5.27. The number of hydrogen-bond donors (Lipinski definition) is 1. The first-order chi connectivity index (χ1) is 15.6. The van der Waals surface area contributed by atoms with Gasteiger partial charge in [-0.2, -0.15) is 0 Å². The number of fused-ring (bicyclic) bond motifs is 1. The molecule has 2 aromatic heterocycles. The van der Waals surface area contributed by atoms with Crippen LogP contribution in [0.25, 0.3) is 22.0 Å². The highest BCUT2D eigenvalue weighted by atomic mass is 32.1. The molecule has 0 saturated carbocycles. The van der Waals surface area contributed by atoms with Crippen molar-refractivity contribution in [2.24, 2.45) is 0 Å². The van der Waals surface area contributed by atoms with E-state index in [9.17, 15) is 9.59 Å². The van der Waals surface area contributed by atoms with E-state index < -0.39 is 6.10 Å². The molecule has 1 aliphatic rings. The lowest BCUT2D eigenvalue weighted by molar-refractivity contribution is -0.129. The summed E-state index contributed by atoms with van der Waals surface area (Å²) in [5.74, 6) is 0.225. The van der Waals surface area contributed by atoms with E-state index in [0.29, 0.717) is 24.4 Å². The molecule has 4 rings (SSSR count). The number of benzene rings is 1. The molecule has 1 aromatic carbocycles. The Balaban J connectivity index is 1.63. The van der Waals surface area contributed by atoms with E-state index in [2.05, 4.69) is 17.2 Å². The molecule has 0 aliphatic carbocycles. The molecule has 8 heteroatoms. The average Bonchev–Trinajstić information content (AvgIpc) is 3.31. The van der Waals surface area contributed by atoms with Gasteiger partial charge in [0.2, 0.25) is 5.91 Å². The Morgan fingerprint density at radius 3 is 2.84 bits per heavy atom. The fourth-order valence-electron chi connectivity index (χ4n) is 3.52. The predicted molar refractivity (Wildman–Crippen MR) is 126 cm³/mol. The van der Waals surface area contributed by atoms with Crippen LogP contribution in [-0.2, 0) is 9.59 Å². The molecule has 166 valence electrons. The first kappa shape index (κ1) is 22.0. The van der Waals surface area contributed by atoms with Gasteiger partial charge in [-0.05, 0) is 43.2 Å². The van der Waals surface area contributed by atoms with E-state index in [-0.39, 0.29) is 18.4 Å². The van der Waals surface area contributed by atoms with Crippen LogP contribution in [0.1, 0.15) is 33.1 Å². The van der Waals surface area contributed by atoms with Crippen molar-refractivity contribution in [1.29, 1.82) is 0 Å². The van der Waals surface area contributed by atoms with E-state index in [0.717, 1.165) is 34.8 Å². The quantitative estimate of drug-likeness (QED) is 0.518. The second-order valence-electron chi connectivity index (χ2n) is 7.58. The lowest BCUT2D eigenvalue weighted by atomic mass is 10.1. The molecular weight excluding hydrogens is 424 g/mol. The highest BCUT2D eigenvalue weighted by Crippen LogP contribution is 2.38. The summed E-state index contributed by atoms with van der Waals surface area (Å²) in [5.41, 5.74) is 3.05. The molecule has 3 heterocycles. The fourth-order valence-corrected chi connectivity index (χ4v) is 4.33. The van der Waals surface area contributed by atoms with Crippen molar-refractivity contribution in [3.05, 3.63) is 48.0 Å². The summed E-state index contributed by atoms with van der Waals surface area (Å²) in [4.78, 5) is 36.1. The molecule has 32 heavy (non-hydrogen) atoms. The van der Waals surface area contributed by atoms with Gasteiger partial charge in [0.05, 0.1) is 17.1 Å². The SMILES string of the molecule is CCCCNC(=O)CN1C(=O)C(CC)Oc2ccc(-c3csc(-c4ccccn4)n3)cc21. The number of unbranched alkanes of at least 4 members (excludes halogenated alkanes) is 1. The molecular formula is C24H26N4O3S. The Hall–Kier alpha value is -3.26. The molecule has 1 unspecified atom stereocenters. The first-order valence-corrected chi connectivity index (χ1v) is 11.7. The zero-order valence-electron chi connectivity index (χ0n) is 18.2. The third kappa shape index (κ3) is 4.65. The lowest BCUT2D eigenvalue weighted by Gasteiger charge is -2.34. The number of rotatable bonds is 8. The predicted octanol–water partition coefficient (Wildman–Crippen LogP) is 4.29. The summed E-state index contributed by atoms with van der Waals surface area (Å²) in [6, 6.07) is 11.4. The van der Waals surface area contributed by atoms with Gasteiger partial charge in [-0.15, -0.1) is 11.3 Å². The van der Waals surface area contributed by atoms with E-state index in [1.807, 2.05) is 48.7 Å². The normalized spacial score (nSPS) is 15.2. The van der Waals surface area contributed by atoms with Gasteiger partial charge in [0.15, 0.2) is 6.10 Å². The molecule has 0 radical (unpaired) electrons. The van der Waals surface area contributed by atoms with Crippen LogP contribution in [0, 0.1) is 0 Å². The second-order valence-corrected chi connectivity index (χ2v) is 8.44. The number of hydrogen-bond acceptors (Lipinski definition) is 6. The Bertz CT molecular complexity index is 1100. The fraction of sp³-hybridized carbons (Fsp3) is 0.333. The van der Waals surface area contributed by atoms with Crippen molar-refractivity contribution in [2.45, 2.75) is 39.2 Å². The molecule has 2 amide bonds. The van der Waals surface area contributed by atoms with Crippen LogP contribution in [0.2, 0.25) is 0 Å². The summed E-state index contributed by atoms with van der Waals surface area (Å²) in [7, 11) is 0. The molecule has 3 aromatic rings. The number of nitrogens with one attached hydrogen (secondary N) is 1.